The van der Waals surface area contributed by atoms with E-state index in [0.717, 1.165) is 0 Å². The van der Waals surface area contributed by atoms with Gasteiger partial charge < -0.3 is 11.1 Å². The van der Waals surface area contributed by atoms with Crippen LogP contribution in [0, 0.1) is 11.3 Å². The highest BCUT2D eigenvalue weighted by Gasteiger charge is 2.09. The van der Waals surface area contributed by atoms with Gasteiger partial charge in [0.1, 0.15) is 5.69 Å². The first-order chi connectivity index (χ1) is 7.13. The van der Waals surface area contributed by atoms with Gasteiger partial charge in [-0.2, -0.15) is 5.26 Å². The van der Waals surface area contributed by atoms with Crippen molar-refractivity contribution in [2.75, 3.05) is 5.73 Å². The van der Waals surface area contributed by atoms with Crippen LogP contribution in [0.5, 0.6) is 0 Å². The molecule has 0 spiro atoms. The van der Waals surface area contributed by atoms with Gasteiger partial charge in [0, 0.05) is 6.04 Å². The van der Waals surface area contributed by atoms with Crippen molar-refractivity contribution < 1.29 is 4.79 Å². The Bertz CT molecular complexity index is 379. The molecule has 1 amide bonds. The van der Waals surface area contributed by atoms with Crippen molar-refractivity contribution in [1.82, 2.24) is 10.3 Å². The Morgan fingerprint density at radius 2 is 2.47 bits per heavy atom. The SMILES string of the molecule is CC(CC#N)NC(=O)c1ccc(N)cn1. The number of rotatable bonds is 3. The van der Waals surface area contributed by atoms with E-state index in [9.17, 15) is 4.79 Å². The van der Waals surface area contributed by atoms with Crippen LogP contribution in [0.15, 0.2) is 18.3 Å². The van der Waals surface area contributed by atoms with Gasteiger partial charge in [-0.1, -0.05) is 0 Å². The van der Waals surface area contributed by atoms with Gasteiger partial charge in [-0.05, 0) is 19.1 Å². The van der Waals surface area contributed by atoms with E-state index in [4.69, 9.17) is 11.0 Å². The molecule has 78 valence electrons. The summed E-state index contributed by atoms with van der Waals surface area (Å²) in [6.45, 7) is 1.76. The van der Waals surface area contributed by atoms with Crippen molar-refractivity contribution in [2.45, 2.75) is 19.4 Å². The molecule has 1 atom stereocenters. The standard InChI is InChI=1S/C10H12N4O/c1-7(4-5-11)14-10(15)9-3-2-8(12)6-13-9/h2-3,6-7H,4,12H2,1H3,(H,14,15). The molecule has 1 rings (SSSR count). The summed E-state index contributed by atoms with van der Waals surface area (Å²) in [6.07, 6.45) is 1.70. The fraction of sp³-hybridized carbons (Fsp3) is 0.300. The van der Waals surface area contributed by atoms with Gasteiger partial charge in [0.25, 0.3) is 5.91 Å². The third-order valence-electron chi connectivity index (χ3n) is 1.79. The molecule has 3 N–H and O–H groups in total. The number of hydrogen-bond acceptors (Lipinski definition) is 4. The van der Waals surface area contributed by atoms with E-state index in [1.807, 2.05) is 6.07 Å². The van der Waals surface area contributed by atoms with Gasteiger partial charge in [-0.15, -0.1) is 0 Å². The lowest BCUT2D eigenvalue weighted by Crippen LogP contribution is -2.32. The van der Waals surface area contributed by atoms with E-state index >= 15 is 0 Å². The minimum absolute atomic E-state index is 0.179. The van der Waals surface area contributed by atoms with Crippen LogP contribution in [0.4, 0.5) is 5.69 Å². The second-order valence-electron chi connectivity index (χ2n) is 3.21. The Morgan fingerprint density at radius 3 is 3.00 bits per heavy atom. The fourth-order valence-corrected chi connectivity index (χ4v) is 1.03. The predicted molar refractivity (Wildman–Crippen MR) is 55.8 cm³/mol. The minimum atomic E-state index is -0.294. The Kier molecular flexibility index (Phi) is 3.63. The quantitative estimate of drug-likeness (QED) is 0.757. The summed E-state index contributed by atoms with van der Waals surface area (Å²) < 4.78 is 0. The Labute approximate surface area is 87.9 Å². The second kappa shape index (κ2) is 4.96. The lowest BCUT2D eigenvalue weighted by atomic mass is 10.2. The third kappa shape index (κ3) is 3.27. The molecule has 1 unspecified atom stereocenters. The summed E-state index contributed by atoms with van der Waals surface area (Å²) in [6, 6.07) is 4.95. The molecule has 0 saturated heterocycles. The second-order valence-corrected chi connectivity index (χ2v) is 3.21. The van der Waals surface area contributed by atoms with Gasteiger partial charge in [0.15, 0.2) is 0 Å². The topological polar surface area (TPSA) is 91.8 Å². The zero-order chi connectivity index (χ0) is 11.3. The first kappa shape index (κ1) is 11.0. The van der Waals surface area contributed by atoms with Crippen molar-refractivity contribution in [1.29, 1.82) is 5.26 Å². The van der Waals surface area contributed by atoms with Crippen LogP contribution >= 0.6 is 0 Å². The van der Waals surface area contributed by atoms with Crippen molar-refractivity contribution in [3.8, 4) is 6.07 Å². The molecule has 0 aliphatic rings. The van der Waals surface area contributed by atoms with E-state index in [0.29, 0.717) is 11.4 Å². The highest BCUT2D eigenvalue weighted by atomic mass is 16.1. The molecule has 1 aromatic heterocycles. The van der Waals surface area contributed by atoms with Gasteiger partial charge >= 0.3 is 0 Å². The lowest BCUT2D eigenvalue weighted by Gasteiger charge is -2.09. The summed E-state index contributed by atoms with van der Waals surface area (Å²) in [4.78, 5) is 15.4. The summed E-state index contributed by atoms with van der Waals surface area (Å²) in [5, 5.41) is 11.1. The van der Waals surface area contributed by atoms with Gasteiger partial charge in [0.05, 0.1) is 24.4 Å². The van der Waals surface area contributed by atoms with E-state index < -0.39 is 0 Å². The number of pyridine rings is 1. The van der Waals surface area contributed by atoms with Crippen molar-refractivity contribution in [2.24, 2.45) is 0 Å². The monoisotopic (exact) mass is 204 g/mol. The molecule has 1 aromatic rings. The summed E-state index contributed by atoms with van der Waals surface area (Å²) in [5.41, 5.74) is 6.25. The van der Waals surface area contributed by atoms with Gasteiger partial charge in [0.2, 0.25) is 0 Å². The normalized spacial score (nSPS) is 11.5. The maximum absolute atomic E-state index is 11.5. The summed E-state index contributed by atoms with van der Waals surface area (Å²) in [5.74, 6) is -0.294. The van der Waals surface area contributed by atoms with E-state index in [-0.39, 0.29) is 18.4 Å². The molecule has 0 bridgehead atoms. The summed E-state index contributed by atoms with van der Waals surface area (Å²) in [7, 11) is 0. The molecule has 0 fully saturated rings. The first-order valence-corrected chi connectivity index (χ1v) is 4.53. The Balaban J connectivity index is 2.62. The van der Waals surface area contributed by atoms with Crippen LogP contribution < -0.4 is 11.1 Å². The zero-order valence-corrected chi connectivity index (χ0v) is 8.40. The first-order valence-electron chi connectivity index (χ1n) is 4.53. The minimum Gasteiger partial charge on any atom is -0.397 e. The van der Waals surface area contributed by atoms with Gasteiger partial charge in [-0.3, -0.25) is 4.79 Å². The Hall–Kier alpha value is -2.09. The number of amides is 1. The molecule has 0 radical (unpaired) electrons. The molecule has 0 aliphatic heterocycles. The molecule has 0 aromatic carbocycles. The van der Waals surface area contributed by atoms with Gasteiger partial charge in [-0.25, -0.2) is 4.98 Å². The van der Waals surface area contributed by atoms with Crippen LogP contribution in [0.3, 0.4) is 0 Å². The number of carbonyl (C=O) groups is 1. The van der Waals surface area contributed by atoms with E-state index in [1.165, 1.54) is 6.20 Å². The number of nitrogens with two attached hydrogens (primary N) is 1. The number of nitriles is 1. The van der Waals surface area contributed by atoms with Crippen LogP contribution in [-0.4, -0.2) is 16.9 Å². The molecule has 0 aliphatic carbocycles. The van der Waals surface area contributed by atoms with Crippen molar-refractivity contribution in [3.63, 3.8) is 0 Å². The van der Waals surface area contributed by atoms with Crippen molar-refractivity contribution in [3.05, 3.63) is 24.0 Å². The molecular weight excluding hydrogens is 192 g/mol. The Morgan fingerprint density at radius 1 is 1.73 bits per heavy atom. The maximum atomic E-state index is 11.5. The number of aromatic nitrogens is 1. The third-order valence-corrected chi connectivity index (χ3v) is 1.79. The van der Waals surface area contributed by atoms with E-state index in [1.54, 1.807) is 19.1 Å². The molecular formula is C10H12N4O. The maximum Gasteiger partial charge on any atom is 0.270 e. The number of nitrogens with one attached hydrogen (secondary N) is 1. The van der Waals surface area contributed by atoms with Crippen LogP contribution in [-0.2, 0) is 0 Å². The average Bonchev–Trinajstić information content (AvgIpc) is 2.18. The lowest BCUT2D eigenvalue weighted by molar-refractivity contribution is 0.0936. The fourth-order valence-electron chi connectivity index (χ4n) is 1.03. The zero-order valence-electron chi connectivity index (χ0n) is 8.40. The largest absolute Gasteiger partial charge is 0.397 e. The predicted octanol–water partition coefficient (Wildman–Crippen LogP) is 0.696. The molecule has 1 heterocycles. The number of anilines is 1. The smallest absolute Gasteiger partial charge is 0.270 e. The number of hydrogen-bond donors (Lipinski definition) is 2. The number of nitrogens with zero attached hydrogens (tertiary/aromatic N) is 2. The molecule has 5 nitrogen and oxygen atoms in total. The van der Waals surface area contributed by atoms with Crippen LogP contribution in [0.2, 0.25) is 0 Å². The molecule has 15 heavy (non-hydrogen) atoms. The average molecular weight is 204 g/mol. The van der Waals surface area contributed by atoms with Crippen molar-refractivity contribution >= 4 is 11.6 Å². The highest BCUT2D eigenvalue weighted by Crippen LogP contribution is 2.01. The van der Waals surface area contributed by atoms with Crippen LogP contribution in [0.25, 0.3) is 0 Å². The highest BCUT2D eigenvalue weighted by molar-refractivity contribution is 5.92. The molecule has 0 saturated carbocycles. The number of carbonyl (C=O) groups excluding carboxylic acids is 1. The van der Waals surface area contributed by atoms with E-state index in [2.05, 4.69) is 10.3 Å². The number of nitrogen functional groups attached to an aromatic ring is 1. The summed E-state index contributed by atoms with van der Waals surface area (Å²) >= 11 is 0. The van der Waals surface area contributed by atoms with Crippen LogP contribution in [0.1, 0.15) is 23.8 Å². The molecule has 5 heteroatoms.